The summed E-state index contributed by atoms with van der Waals surface area (Å²) < 4.78 is 0. The summed E-state index contributed by atoms with van der Waals surface area (Å²) >= 11 is 1.66. The van der Waals surface area contributed by atoms with Crippen molar-refractivity contribution in [2.75, 3.05) is 5.75 Å². The van der Waals surface area contributed by atoms with E-state index >= 15 is 0 Å². The Bertz CT molecular complexity index is 776. The molecule has 1 amide bonds. The van der Waals surface area contributed by atoms with Gasteiger partial charge in [-0.25, -0.2) is 0 Å². The van der Waals surface area contributed by atoms with Crippen molar-refractivity contribution in [1.82, 2.24) is 5.32 Å². The van der Waals surface area contributed by atoms with Crippen LogP contribution in [0.2, 0.25) is 0 Å². The van der Waals surface area contributed by atoms with Crippen LogP contribution in [0.4, 0.5) is 0 Å². The van der Waals surface area contributed by atoms with Crippen molar-refractivity contribution in [2.45, 2.75) is 18.7 Å². The topological polar surface area (TPSA) is 29.1 Å². The molecule has 3 heteroatoms. The number of rotatable bonds is 7. The lowest BCUT2D eigenvalue weighted by Crippen LogP contribution is -2.25. The predicted molar refractivity (Wildman–Crippen MR) is 110 cm³/mol. The van der Waals surface area contributed by atoms with E-state index in [1.54, 1.807) is 11.8 Å². The van der Waals surface area contributed by atoms with Gasteiger partial charge in [0.15, 0.2) is 0 Å². The number of aryl methyl sites for hydroxylation is 1. The van der Waals surface area contributed by atoms with Crippen LogP contribution in [0.15, 0.2) is 84.9 Å². The first-order valence-electron chi connectivity index (χ1n) is 8.76. The minimum Gasteiger partial charge on any atom is -0.351 e. The number of carbonyl (C=O) groups excluding carboxylic acids is 1. The maximum atomic E-state index is 12.3. The van der Waals surface area contributed by atoms with Gasteiger partial charge in [-0.1, -0.05) is 90.5 Å². The summed E-state index contributed by atoms with van der Waals surface area (Å²) in [6, 6.07) is 28.9. The highest BCUT2D eigenvalue weighted by Gasteiger charge is 2.16. The summed E-state index contributed by atoms with van der Waals surface area (Å²) in [4.78, 5) is 12.3. The normalized spacial score (nSPS) is 10.7. The molecule has 0 saturated carbocycles. The minimum atomic E-state index is 0.0624. The fourth-order valence-corrected chi connectivity index (χ4v) is 3.88. The van der Waals surface area contributed by atoms with Crippen LogP contribution in [0.1, 0.15) is 27.5 Å². The van der Waals surface area contributed by atoms with Gasteiger partial charge >= 0.3 is 0 Å². The summed E-state index contributed by atoms with van der Waals surface area (Å²) in [5, 5.41) is 3.17. The van der Waals surface area contributed by atoms with Crippen molar-refractivity contribution in [3.63, 3.8) is 0 Å². The molecule has 0 unspecified atom stereocenters. The summed E-state index contributed by atoms with van der Waals surface area (Å²) in [5.74, 6) is 0.493. The number of amides is 1. The second-order valence-corrected chi connectivity index (χ2v) is 7.37. The SMILES string of the molecule is Cc1ccc(CNC(=O)CSC(c2ccccc2)c2ccccc2)cc1. The maximum absolute atomic E-state index is 12.3. The zero-order valence-electron chi connectivity index (χ0n) is 14.9. The standard InChI is InChI=1S/C23H23NOS/c1-18-12-14-19(15-13-18)16-24-22(25)17-26-23(20-8-4-2-5-9-20)21-10-6-3-7-11-21/h2-15,23H,16-17H2,1H3,(H,24,25). The Labute approximate surface area is 159 Å². The predicted octanol–water partition coefficient (Wildman–Crippen LogP) is 5.13. The first-order valence-corrected chi connectivity index (χ1v) is 9.81. The maximum Gasteiger partial charge on any atom is 0.230 e. The molecule has 132 valence electrons. The molecule has 0 fully saturated rings. The van der Waals surface area contributed by atoms with Gasteiger partial charge < -0.3 is 5.32 Å². The van der Waals surface area contributed by atoms with E-state index in [0.717, 1.165) is 5.56 Å². The van der Waals surface area contributed by atoms with Crippen LogP contribution in [0.5, 0.6) is 0 Å². The molecule has 0 atom stereocenters. The number of benzene rings is 3. The molecule has 0 radical (unpaired) electrons. The van der Waals surface area contributed by atoms with Gasteiger partial charge in [0, 0.05) is 6.54 Å². The van der Waals surface area contributed by atoms with E-state index in [2.05, 4.69) is 60.8 Å². The van der Waals surface area contributed by atoms with Gasteiger partial charge in [0.25, 0.3) is 0 Å². The zero-order chi connectivity index (χ0) is 18.2. The van der Waals surface area contributed by atoms with Crippen LogP contribution in [0.3, 0.4) is 0 Å². The fraction of sp³-hybridized carbons (Fsp3) is 0.174. The van der Waals surface area contributed by atoms with E-state index in [1.807, 2.05) is 36.4 Å². The summed E-state index contributed by atoms with van der Waals surface area (Å²) in [5.41, 5.74) is 4.78. The molecule has 1 N–H and O–H groups in total. The monoisotopic (exact) mass is 361 g/mol. The Morgan fingerprint density at radius 3 is 1.92 bits per heavy atom. The summed E-state index contributed by atoms with van der Waals surface area (Å²) in [7, 11) is 0. The lowest BCUT2D eigenvalue weighted by molar-refractivity contribution is -0.118. The molecule has 0 bridgehead atoms. The highest BCUT2D eigenvalue weighted by atomic mass is 32.2. The third-order valence-corrected chi connectivity index (χ3v) is 5.50. The molecule has 3 rings (SSSR count). The summed E-state index contributed by atoms with van der Waals surface area (Å²) in [6.45, 7) is 2.63. The molecular weight excluding hydrogens is 338 g/mol. The number of hydrogen-bond donors (Lipinski definition) is 1. The molecule has 0 saturated heterocycles. The number of carbonyl (C=O) groups is 1. The lowest BCUT2D eigenvalue weighted by Gasteiger charge is -2.17. The third-order valence-electron chi connectivity index (χ3n) is 4.20. The summed E-state index contributed by atoms with van der Waals surface area (Å²) in [6.07, 6.45) is 0. The van der Waals surface area contributed by atoms with Crippen LogP contribution in [0.25, 0.3) is 0 Å². The molecule has 26 heavy (non-hydrogen) atoms. The quantitative estimate of drug-likeness (QED) is 0.632. The highest BCUT2D eigenvalue weighted by molar-refractivity contribution is 8.00. The van der Waals surface area contributed by atoms with E-state index in [-0.39, 0.29) is 11.2 Å². The van der Waals surface area contributed by atoms with Gasteiger partial charge in [-0.15, -0.1) is 11.8 Å². The van der Waals surface area contributed by atoms with Gasteiger partial charge in [0.1, 0.15) is 0 Å². The van der Waals surface area contributed by atoms with Crippen molar-refractivity contribution in [3.8, 4) is 0 Å². The van der Waals surface area contributed by atoms with Gasteiger partial charge in [-0.05, 0) is 23.6 Å². The van der Waals surface area contributed by atoms with E-state index in [9.17, 15) is 4.79 Å². The van der Waals surface area contributed by atoms with Gasteiger partial charge in [0.2, 0.25) is 5.91 Å². The van der Waals surface area contributed by atoms with Gasteiger partial charge in [0.05, 0.1) is 11.0 Å². The van der Waals surface area contributed by atoms with E-state index in [4.69, 9.17) is 0 Å². The molecule has 3 aromatic carbocycles. The van der Waals surface area contributed by atoms with Crippen LogP contribution < -0.4 is 5.32 Å². The van der Waals surface area contributed by atoms with Crippen LogP contribution in [-0.2, 0) is 11.3 Å². The minimum absolute atomic E-state index is 0.0624. The molecule has 0 aromatic heterocycles. The lowest BCUT2D eigenvalue weighted by atomic mass is 10.0. The van der Waals surface area contributed by atoms with Crippen molar-refractivity contribution in [1.29, 1.82) is 0 Å². The molecule has 0 aliphatic heterocycles. The molecule has 0 heterocycles. The Morgan fingerprint density at radius 2 is 1.38 bits per heavy atom. The second-order valence-electron chi connectivity index (χ2n) is 6.27. The molecule has 2 nitrogen and oxygen atoms in total. The van der Waals surface area contributed by atoms with Crippen molar-refractivity contribution in [3.05, 3.63) is 107 Å². The molecule has 0 aliphatic rings. The third kappa shape index (κ3) is 5.24. The average Bonchev–Trinajstić information content (AvgIpc) is 2.69. The molecule has 0 aliphatic carbocycles. The fourth-order valence-electron chi connectivity index (χ4n) is 2.76. The molecule has 0 spiro atoms. The number of hydrogen-bond acceptors (Lipinski definition) is 2. The largest absolute Gasteiger partial charge is 0.351 e. The molecular formula is C23H23NOS. The Balaban J connectivity index is 1.60. The van der Waals surface area contributed by atoms with Crippen molar-refractivity contribution in [2.24, 2.45) is 0 Å². The van der Waals surface area contributed by atoms with Gasteiger partial charge in [-0.3, -0.25) is 4.79 Å². The second kappa shape index (κ2) is 9.25. The first kappa shape index (κ1) is 18.3. The highest BCUT2D eigenvalue weighted by Crippen LogP contribution is 2.35. The Hall–Kier alpha value is -2.52. The van der Waals surface area contributed by atoms with E-state index in [0.29, 0.717) is 12.3 Å². The van der Waals surface area contributed by atoms with E-state index in [1.165, 1.54) is 16.7 Å². The van der Waals surface area contributed by atoms with Crippen LogP contribution in [0, 0.1) is 6.92 Å². The Kier molecular flexibility index (Phi) is 6.50. The zero-order valence-corrected chi connectivity index (χ0v) is 15.7. The van der Waals surface area contributed by atoms with Crippen LogP contribution >= 0.6 is 11.8 Å². The van der Waals surface area contributed by atoms with Crippen molar-refractivity contribution < 1.29 is 4.79 Å². The number of thioether (sulfide) groups is 1. The smallest absolute Gasteiger partial charge is 0.230 e. The van der Waals surface area contributed by atoms with Crippen LogP contribution in [-0.4, -0.2) is 11.7 Å². The number of nitrogens with one attached hydrogen (secondary N) is 1. The molecule has 3 aromatic rings. The first-order chi connectivity index (χ1) is 12.7. The Morgan fingerprint density at radius 1 is 0.846 bits per heavy atom. The van der Waals surface area contributed by atoms with Crippen molar-refractivity contribution >= 4 is 17.7 Å². The van der Waals surface area contributed by atoms with E-state index < -0.39 is 0 Å². The average molecular weight is 362 g/mol. The van der Waals surface area contributed by atoms with Gasteiger partial charge in [-0.2, -0.15) is 0 Å².